The average Bonchev–Trinajstić information content (AvgIpc) is 3.02. The van der Waals surface area contributed by atoms with Crippen molar-refractivity contribution in [3.63, 3.8) is 0 Å². The van der Waals surface area contributed by atoms with E-state index in [9.17, 15) is 0 Å². The van der Waals surface area contributed by atoms with Gasteiger partial charge in [0, 0.05) is 39.1 Å². The number of benzene rings is 1. The number of aliphatic imine (C=N–C) groups is 1. The molecular weight excluding hydrogens is 274 g/mol. The Bertz CT molecular complexity index is 589. The summed E-state index contributed by atoms with van der Waals surface area (Å²) in [5, 5.41) is 11.0. The fourth-order valence-electron chi connectivity index (χ4n) is 2.27. The van der Waals surface area contributed by atoms with Gasteiger partial charge in [0.25, 0.3) is 0 Å². The van der Waals surface area contributed by atoms with E-state index >= 15 is 0 Å². The van der Waals surface area contributed by atoms with E-state index in [1.807, 2.05) is 23.1 Å². The second kappa shape index (κ2) is 8.22. The van der Waals surface area contributed by atoms with Crippen molar-refractivity contribution in [1.82, 2.24) is 20.4 Å². The molecule has 2 N–H and O–H groups in total. The van der Waals surface area contributed by atoms with Gasteiger partial charge in [0.15, 0.2) is 5.96 Å². The maximum Gasteiger partial charge on any atom is 0.191 e. The first-order valence-corrected chi connectivity index (χ1v) is 7.65. The molecule has 1 atom stereocenters. The molecule has 0 saturated carbocycles. The smallest absolute Gasteiger partial charge is 0.191 e. The Hall–Kier alpha value is -2.30. The van der Waals surface area contributed by atoms with Crippen LogP contribution in [0.15, 0.2) is 47.7 Å². The Morgan fingerprint density at radius 2 is 2.09 bits per heavy atom. The molecule has 0 radical (unpaired) electrons. The standard InChI is InChI=1S/C17H25N5/c1-14(13-22-10-6-9-21-22)11-19-17(18-3)20-12-16-8-5-4-7-15(16)2/h4-10,14H,11-13H2,1-3H3,(H2,18,19,20). The molecule has 2 aromatic rings. The van der Waals surface area contributed by atoms with Crippen molar-refractivity contribution < 1.29 is 0 Å². The maximum absolute atomic E-state index is 4.27. The van der Waals surface area contributed by atoms with E-state index in [1.165, 1.54) is 11.1 Å². The summed E-state index contributed by atoms with van der Waals surface area (Å²) in [5.74, 6) is 1.30. The van der Waals surface area contributed by atoms with Crippen LogP contribution >= 0.6 is 0 Å². The monoisotopic (exact) mass is 299 g/mol. The third-order valence-corrected chi connectivity index (χ3v) is 3.61. The number of hydrogen-bond acceptors (Lipinski definition) is 2. The van der Waals surface area contributed by atoms with Crippen molar-refractivity contribution in [2.75, 3.05) is 13.6 Å². The quantitative estimate of drug-likeness (QED) is 0.635. The molecule has 1 heterocycles. The minimum absolute atomic E-state index is 0.469. The molecule has 0 spiro atoms. The molecule has 118 valence electrons. The van der Waals surface area contributed by atoms with Crippen LogP contribution in [0.5, 0.6) is 0 Å². The van der Waals surface area contributed by atoms with Crippen LogP contribution in [-0.2, 0) is 13.1 Å². The van der Waals surface area contributed by atoms with Crippen molar-refractivity contribution >= 4 is 5.96 Å². The zero-order valence-corrected chi connectivity index (χ0v) is 13.6. The van der Waals surface area contributed by atoms with E-state index in [2.05, 4.69) is 58.8 Å². The molecule has 0 aliphatic heterocycles. The summed E-state index contributed by atoms with van der Waals surface area (Å²) in [7, 11) is 1.80. The Morgan fingerprint density at radius 1 is 1.27 bits per heavy atom. The topological polar surface area (TPSA) is 54.2 Å². The van der Waals surface area contributed by atoms with Gasteiger partial charge < -0.3 is 10.6 Å². The Kier molecular flexibility index (Phi) is 6.01. The number of guanidine groups is 1. The number of rotatable bonds is 6. The lowest BCUT2D eigenvalue weighted by Crippen LogP contribution is -2.39. The molecular formula is C17H25N5. The van der Waals surface area contributed by atoms with Gasteiger partial charge in [-0.05, 0) is 30.0 Å². The Balaban J connectivity index is 1.76. The Morgan fingerprint density at radius 3 is 2.77 bits per heavy atom. The van der Waals surface area contributed by atoms with E-state index < -0.39 is 0 Å². The SMILES string of the molecule is CN=C(NCc1ccccc1C)NCC(C)Cn1cccn1. The van der Waals surface area contributed by atoms with Crippen LogP contribution in [0.3, 0.4) is 0 Å². The van der Waals surface area contributed by atoms with Gasteiger partial charge in [-0.1, -0.05) is 31.2 Å². The van der Waals surface area contributed by atoms with Crippen LogP contribution in [-0.4, -0.2) is 29.3 Å². The highest BCUT2D eigenvalue weighted by molar-refractivity contribution is 5.79. The summed E-state index contributed by atoms with van der Waals surface area (Å²) in [5.41, 5.74) is 2.58. The van der Waals surface area contributed by atoms with Crippen molar-refractivity contribution in [3.8, 4) is 0 Å². The van der Waals surface area contributed by atoms with Gasteiger partial charge in [-0.25, -0.2) is 0 Å². The van der Waals surface area contributed by atoms with Gasteiger partial charge in [-0.3, -0.25) is 9.67 Å². The predicted molar refractivity (Wildman–Crippen MR) is 90.8 cm³/mol. The summed E-state index contributed by atoms with van der Waals surface area (Å²) < 4.78 is 1.95. The molecule has 0 aliphatic carbocycles. The minimum atomic E-state index is 0.469. The molecule has 2 rings (SSSR count). The van der Waals surface area contributed by atoms with Gasteiger partial charge in [-0.15, -0.1) is 0 Å². The highest BCUT2D eigenvalue weighted by Gasteiger charge is 2.05. The van der Waals surface area contributed by atoms with Crippen LogP contribution in [0.25, 0.3) is 0 Å². The number of hydrogen-bond donors (Lipinski definition) is 2. The van der Waals surface area contributed by atoms with Crippen molar-refractivity contribution in [1.29, 1.82) is 0 Å². The fraction of sp³-hybridized carbons (Fsp3) is 0.412. The first-order chi connectivity index (χ1) is 10.7. The summed E-state index contributed by atoms with van der Waals surface area (Å²) in [6.45, 7) is 6.85. The fourth-order valence-corrected chi connectivity index (χ4v) is 2.27. The van der Waals surface area contributed by atoms with E-state index in [-0.39, 0.29) is 0 Å². The van der Waals surface area contributed by atoms with E-state index in [0.29, 0.717) is 5.92 Å². The molecule has 5 heteroatoms. The zero-order valence-electron chi connectivity index (χ0n) is 13.6. The van der Waals surface area contributed by atoms with Crippen LogP contribution in [0.2, 0.25) is 0 Å². The first-order valence-electron chi connectivity index (χ1n) is 7.65. The van der Waals surface area contributed by atoms with Gasteiger partial charge in [0.05, 0.1) is 0 Å². The second-order valence-electron chi connectivity index (χ2n) is 5.57. The molecule has 1 aromatic heterocycles. The molecule has 0 amide bonds. The average molecular weight is 299 g/mol. The lowest BCUT2D eigenvalue weighted by atomic mass is 10.1. The summed E-state index contributed by atoms with van der Waals surface area (Å²) in [4.78, 5) is 4.27. The van der Waals surface area contributed by atoms with E-state index in [0.717, 1.165) is 25.6 Å². The van der Waals surface area contributed by atoms with Crippen molar-refractivity contribution in [2.45, 2.75) is 26.9 Å². The predicted octanol–water partition coefficient (Wildman–Crippen LogP) is 2.19. The molecule has 1 aromatic carbocycles. The highest BCUT2D eigenvalue weighted by atomic mass is 15.3. The minimum Gasteiger partial charge on any atom is -0.356 e. The van der Waals surface area contributed by atoms with Gasteiger partial charge >= 0.3 is 0 Å². The largest absolute Gasteiger partial charge is 0.356 e. The molecule has 1 unspecified atom stereocenters. The number of nitrogens with zero attached hydrogens (tertiary/aromatic N) is 3. The lowest BCUT2D eigenvalue weighted by Gasteiger charge is -2.16. The van der Waals surface area contributed by atoms with Crippen LogP contribution in [0.4, 0.5) is 0 Å². The van der Waals surface area contributed by atoms with Gasteiger partial charge in [-0.2, -0.15) is 5.10 Å². The van der Waals surface area contributed by atoms with E-state index in [1.54, 1.807) is 7.05 Å². The third kappa shape index (κ3) is 4.91. The summed E-state index contributed by atoms with van der Waals surface area (Å²) in [6, 6.07) is 10.3. The van der Waals surface area contributed by atoms with Crippen molar-refractivity contribution in [2.24, 2.45) is 10.9 Å². The highest BCUT2D eigenvalue weighted by Crippen LogP contribution is 2.06. The molecule has 5 nitrogen and oxygen atoms in total. The molecule has 0 bridgehead atoms. The molecule has 0 fully saturated rings. The van der Waals surface area contributed by atoms with E-state index in [4.69, 9.17) is 0 Å². The van der Waals surface area contributed by atoms with Crippen LogP contribution in [0, 0.1) is 12.8 Å². The Labute approximate surface area is 132 Å². The van der Waals surface area contributed by atoms with Gasteiger partial charge in [0.2, 0.25) is 0 Å². The lowest BCUT2D eigenvalue weighted by molar-refractivity contribution is 0.443. The number of nitrogens with one attached hydrogen (secondary N) is 2. The number of aromatic nitrogens is 2. The van der Waals surface area contributed by atoms with Gasteiger partial charge in [0.1, 0.15) is 0 Å². The molecule has 0 saturated heterocycles. The normalized spacial score (nSPS) is 13.0. The summed E-state index contributed by atoms with van der Waals surface area (Å²) >= 11 is 0. The molecule has 22 heavy (non-hydrogen) atoms. The number of aryl methyl sites for hydroxylation is 1. The van der Waals surface area contributed by atoms with Crippen LogP contribution in [0.1, 0.15) is 18.1 Å². The summed E-state index contributed by atoms with van der Waals surface area (Å²) in [6.07, 6.45) is 3.80. The van der Waals surface area contributed by atoms with Crippen molar-refractivity contribution in [3.05, 3.63) is 53.9 Å². The maximum atomic E-state index is 4.27. The first kappa shape index (κ1) is 16.1. The zero-order chi connectivity index (χ0) is 15.8. The molecule has 0 aliphatic rings. The second-order valence-corrected chi connectivity index (χ2v) is 5.57. The van der Waals surface area contributed by atoms with Crippen LogP contribution < -0.4 is 10.6 Å². The third-order valence-electron chi connectivity index (χ3n) is 3.61.